The third-order valence-corrected chi connectivity index (χ3v) is 1.87. The highest BCUT2D eigenvalue weighted by molar-refractivity contribution is 5.75. The van der Waals surface area contributed by atoms with E-state index >= 15 is 0 Å². The van der Waals surface area contributed by atoms with Gasteiger partial charge in [0.1, 0.15) is 0 Å². The van der Waals surface area contributed by atoms with E-state index < -0.39 is 5.60 Å². The first-order chi connectivity index (χ1) is 4.13. The largest absolute Gasteiger partial charge is 0.385 e. The van der Waals surface area contributed by atoms with Crippen LogP contribution in [-0.4, -0.2) is 33.8 Å². The van der Waals surface area contributed by atoms with E-state index in [1.165, 1.54) is 0 Å². The Hall–Kier alpha value is 0.206. The molecule has 0 aromatic rings. The Bertz CT molecular complexity index is 159. The van der Waals surface area contributed by atoms with Gasteiger partial charge in [-0.3, -0.25) is 0 Å². The molecule has 0 amide bonds. The number of aliphatic hydroxyl groups is 1. The monoisotopic (exact) mass is 148 g/mol. The van der Waals surface area contributed by atoms with Crippen LogP contribution >= 0.6 is 0 Å². The molecule has 1 nitrogen and oxygen atoms in total. The number of hydrogen-bond acceptors (Lipinski definition) is 1. The zero-order valence-corrected chi connectivity index (χ0v) is 7.96. The second-order valence-corrected chi connectivity index (χ2v) is 2.76. The van der Waals surface area contributed by atoms with Crippen LogP contribution in [0.1, 0.15) is 13.8 Å². The quantitative estimate of drug-likeness (QED) is 0.511. The Morgan fingerprint density at radius 3 is 2.30 bits per heavy atom. The first-order valence-corrected chi connectivity index (χ1v) is 3.21. The molecule has 1 rings (SSSR count). The van der Waals surface area contributed by atoms with Crippen LogP contribution in [0, 0.1) is 5.92 Å². The lowest BCUT2D eigenvalue weighted by Crippen LogP contribution is -2.29. The predicted octanol–water partition coefficient (Wildman–Crippen LogP) is 1.12. The zero-order valence-electron chi connectivity index (χ0n) is 6.54. The molecule has 2 radical (unpaired) electrons. The summed E-state index contributed by atoms with van der Waals surface area (Å²) < 4.78 is 0. The number of rotatable bonds is 0. The van der Waals surface area contributed by atoms with E-state index in [9.17, 15) is 5.11 Å². The van der Waals surface area contributed by atoms with Crippen LogP contribution in [0.3, 0.4) is 0 Å². The molecular formula is C8H12MgO. The Labute approximate surface area is 78.0 Å². The second kappa shape index (κ2) is 3.55. The lowest BCUT2D eigenvalue weighted by molar-refractivity contribution is 0.0730. The van der Waals surface area contributed by atoms with Crippen LogP contribution in [0.5, 0.6) is 0 Å². The summed E-state index contributed by atoms with van der Waals surface area (Å²) in [5, 5.41) is 9.50. The number of allylic oxidation sites excluding steroid dienone is 2. The van der Waals surface area contributed by atoms with Crippen LogP contribution < -0.4 is 0 Å². The third-order valence-electron chi connectivity index (χ3n) is 1.87. The highest BCUT2D eigenvalue weighted by atomic mass is 24.3. The predicted molar refractivity (Wildman–Crippen MR) is 43.8 cm³/mol. The van der Waals surface area contributed by atoms with Gasteiger partial charge in [0.25, 0.3) is 0 Å². The molecule has 1 aliphatic carbocycles. The summed E-state index contributed by atoms with van der Waals surface area (Å²) in [6, 6.07) is 0. The van der Waals surface area contributed by atoms with Crippen molar-refractivity contribution in [1.29, 1.82) is 0 Å². The van der Waals surface area contributed by atoms with Crippen molar-refractivity contribution in [3.8, 4) is 0 Å². The van der Waals surface area contributed by atoms with Crippen molar-refractivity contribution in [3.05, 3.63) is 24.3 Å². The van der Waals surface area contributed by atoms with E-state index in [0.717, 1.165) is 0 Å². The normalized spacial score (nSPS) is 37.3. The second-order valence-electron chi connectivity index (χ2n) is 2.76. The average molecular weight is 148 g/mol. The van der Waals surface area contributed by atoms with Crippen molar-refractivity contribution in [3.63, 3.8) is 0 Å². The minimum absolute atomic E-state index is 0. The van der Waals surface area contributed by atoms with Gasteiger partial charge >= 0.3 is 0 Å². The van der Waals surface area contributed by atoms with Gasteiger partial charge in [-0.1, -0.05) is 31.2 Å². The smallest absolute Gasteiger partial charge is 0.0862 e. The first-order valence-electron chi connectivity index (χ1n) is 3.21. The van der Waals surface area contributed by atoms with Crippen molar-refractivity contribution < 1.29 is 5.11 Å². The summed E-state index contributed by atoms with van der Waals surface area (Å²) >= 11 is 0. The Morgan fingerprint density at radius 1 is 1.40 bits per heavy atom. The zero-order chi connectivity index (χ0) is 6.91. The van der Waals surface area contributed by atoms with Gasteiger partial charge in [-0.15, -0.1) is 0 Å². The molecule has 0 fully saturated rings. The molecule has 0 saturated carbocycles. The fourth-order valence-corrected chi connectivity index (χ4v) is 0.828. The Kier molecular flexibility index (Phi) is 3.63. The van der Waals surface area contributed by atoms with E-state index in [2.05, 4.69) is 0 Å². The molecule has 1 N–H and O–H groups in total. The molecule has 0 heterocycles. The summed E-state index contributed by atoms with van der Waals surface area (Å²) in [6.45, 7) is 3.82. The van der Waals surface area contributed by atoms with Crippen molar-refractivity contribution in [2.45, 2.75) is 19.4 Å². The maximum absolute atomic E-state index is 9.50. The SMILES string of the molecule is CC1C=CC=CC1(C)O.[Mg]. The third kappa shape index (κ3) is 2.11. The van der Waals surface area contributed by atoms with E-state index in [4.69, 9.17) is 0 Å². The molecule has 0 spiro atoms. The van der Waals surface area contributed by atoms with E-state index in [0.29, 0.717) is 0 Å². The molecule has 0 aromatic heterocycles. The molecule has 2 heteroatoms. The van der Waals surface area contributed by atoms with E-state index in [-0.39, 0.29) is 29.0 Å². The van der Waals surface area contributed by atoms with Gasteiger partial charge in [0.05, 0.1) is 5.60 Å². The van der Waals surface area contributed by atoms with Gasteiger partial charge < -0.3 is 5.11 Å². The highest BCUT2D eigenvalue weighted by Crippen LogP contribution is 2.22. The Balaban J connectivity index is 0.000000810. The molecule has 2 atom stereocenters. The van der Waals surface area contributed by atoms with Crippen LogP contribution in [0.25, 0.3) is 0 Å². The van der Waals surface area contributed by atoms with E-state index in [1.54, 1.807) is 0 Å². The lowest BCUT2D eigenvalue weighted by Gasteiger charge is -2.26. The van der Waals surface area contributed by atoms with Crippen molar-refractivity contribution in [1.82, 2.24) is 0 Å². The van der Waals surface area contributed by atoms with Crippen LogP contribution in [0.4, 0.5) is 0 Å². The van der Waals surface area contributed by atoms with Gasteiger partial charge in [-0.25, -0.2) is 0 Å². The molecule has 52 valence electrons. The molecule has 1 aliphatic rings. The summed E-state index contributed by atoms with van der Waals surface area (Å²) in [7, 11) is 0. The summed E-state index contributed by atoms with van der Waals surface area (Å²) in [5.74, 6) is 0.238. The van der Waals surface area contributed by atoms with Crippen LogP contribution in [0.2, 0.25) is 0 Å². The van der Waals surface area contributed by atoms with Gasteiger partial charge in [-0.05, 0) is 6.92 Å². The summed E-state index contributed by atoms with van der Waals surface area (Å²) in [4.78, 5) is 0. The summed E-state index contributed by atoms with van der Waals surface area (Å²) in [5.41, 5.74) is -0.630. The fourth-order valence-electron chi connectivity index (χ4n) is 0.828. The molecule has 2 unspecified atom stereocenters. The van der Waals surface area contributed by atoms with Gasteiger partial charge in [0, 0.05) is 29.0 Å². The number of hydrogen-bond donors (Lipinski definition) is 1. The fraction of sp³-hybridized carbons (Fsp3) is 0.500. The van der Waals surface area contributed by atoms with Crippen molar-refractivity contribution >= 4 is 23.1 Å². The molecular weight excluding hydrogens is 136 g/mol. The van der Waals surface area contributed by atoms with Crippen molar-refractivity contribution in [2.75, 3.05) is 0 Å². The molecule has 0 aromatic carbocycles. The van der Waals surface area contributed by atoms with Gasteiger partial charge in [-0.2, -0.15) is 0 Å². The van der Waals surface area contributed by atoms with Gasteiger partial charge in [0.2, 0.25) is 0 Å². The van der Waals surface area contributed by atoms with E-state index in [1.807, 2.05) is 38.2 Å². The highest BCUT2D eigenvalue weighted by Gasteiger charge is 2.23. The minimum atomic E-state index is -0.630. The van der Waals surface area contributed by atoms with Crippen molar-refractivity contribution in [2.24, 2.45) is 5.92 Å². The maximum Gasteiger partial charge on any atom is 0.0862 e. The van der Waals surface area contributed by atoms with Crippen LogP contribution in [-0.2, 0) is 0 Å². The molecule has 0 aliphatic heterocycles. The molecule has 10 heavy (non-hydrogen) atoms. The van der Waals surface area contributed by atoms with Gasteiger partial charge in [0.15, 0.2) is 0 Å². The minimum Gasteiger partial charge on any atom is -0.385 e. The maximum atomic E-state index is 9.50. The Morgan fingerprint density at radius 2 is 2.00 bits per heavy atom. The average Bonchev–Trinajstić information content (AvgIpc) is 1.77. The topological polar surface area (TPSA) is 20.2 Å². The summed E-state index contributed by atoms with van der Waals surface area (Å²) in [6.07, 6.45) is 7.65. The molecule has 0 bridgehead atoms. The lowest BCUT2D eigenvalue weighted by atomic mass is 9.87. The van der Waals surface area contributed by atoms with Crippen LogP contribution in [0.15, 0.2) is 24.3 Å². The molecule has 0 saturated heterocycles. The first kappa shape index (κ1) is 10.2. The standard InChI is InChI=1S/C8H12O.Mg/c1-7-5-3-4-6-8(7,2)9;/h3-7,9H,1-2H3;.